The second-order valence-corrected chi connectivity index (χ2v) is 7.79. The number of ether oxygens (including phenoxy) is 1. The van der Waals surface area contributed by atoms with Crippen LogP contribution in [0.2, 0.25) is 0 Å². The van der Waals surface area contributed by atoms with Gasteiger partial charge in [0.25, 0.3) is 0 Å². The maximum Gasteiger partial charge on any atom is 0.241 e. The van der Waals surface area contributed by atoms with Crippen molar-refractivity contribution in [3.05, 3.63) is 47.3 Å². The molecule has 170 valence electrons. The lowest BCUT2D eigenvalue weighted by Gasteiger charge is -2.17. The molecule has 2 N–H and O–H groups in total. The highest BCUT2D eigenvalue weighted by Crippen LogP contribution is 2.18. The Labute approximate surface area is 201 Å². The Morgan fingerprint density at radius 2 is 2.06 bits per heavy atom. The number of likely N-dealkylation sites (N-methyl/N-ethyl adjacent to an activating group) is 1. The summed E-state index contributed by atoms with van der Waals surface area (Å²) in [5.74, 6) is 0.591. The molecule has 0 bridgehead atoms. The van der Waals surface area contributed by atoms with Crippen molar-refractivity contribution in [1.29, 1.82) is 0 Å². The van der Waals surface area contributed by atoms with Gasteiger partial charge in [-0.3, -0.25) is 4.79 Å². The highest BCUT2D eigenvalue weighted by atomic mass is 127. The number of hydrogen-bond acceptors (Lipinski definition) is 4. The SMILES string of the molecule is Cc1cc(C)n(-c2ccccc2CN=C(NCC(=O)N(C)C)NCC2CCCO2)n1.I. The van der Waals surface area contributed by atoms with Crippen LogP contribution >= 0.6 is 24.0 Å². The quantitative estimate of drug-likeness (QED) is 0.320. The molecule has 31 heavy (non-hydrogen) atoms. The van der Waals surface area contributed by atoms with E-state index in [2.05, 4.69) is 27.9 Å². The number of amides is 1. The van der Waals surface area contributed by atoms with E-state index in [1.54, 1.807) is 19.0 Å². The number of hydrogen-bond donors (Lipinski definition) is 2. The summed E-state index contributed by atoms with van der Waals surface area (Å²) in [6, 6.07) is 10.2. The highest BCUT2D eigenvalue weighted by molar-refractivity contribution is 14.0. The Kier molecular flexibility index (Phi) is 9.76. The molecule has 1 fully saturated rings. The molecule has 1 saturated heterocycles. The smallest absolute Gasteiger partial charge is 0.241 e. The summed E-state index contributed by atoms with van der Waals surface area (Å²) in [6.07, 6.45) is 2.31. The summed E-state index contributed by atoms with van der Waals surface area (Å²) in [7, 11) is 3.48. The standard InChI is InChI=1S/C22H32N6O2.HI/c1-16-12-17(2)28(26-16)20-10-6-5-8-18(20)13-23-22(25-15-21(29)27(3)4)24-14-19-9-7-11-30-19;/h5-6,8,10,12,19H,7,9,11,13-15H2,1-4H3,(H2,23,24,25);1H. The Balaban J connectivity index is 0.00000341. The van der Waals surface area contributed by atoms with Gasteiger partial charge in [-0.2, -0.15) is 5.10 Å². The summed E-state index contributed by atoms with van der Waals surface area (Å²) in [5, 5.41) is 11.1. The van der Waals surface area contributed by atoms with E-state index >= 15 is 0 Å². The van der Waals surface area contributed by atoms with Crippen LogP contribution in [0.4, 0.5) is 0 Å². The number of nitrogens with zero attached hydrogens (tertiary/aromatic N) is 4. The zero-order valence-corrected chi connectivity index (χ0v) is 21.1. The topological polar surface area (TPSA) is 83.8 Å². The summed E-state index contributed by atoms with van der Waals surface area (Å²) in [5.41, 5.74) is 4.12. The van der Waals surface area contributed by atoms with Crippen LogP contribution in [0.1, 0.15) is 29.8 Å². The minimum Gasteiger partial charge on any atom is -0.376 e. The molecule has 1 aromatic carbocycles. The van der Waals surface area contributed by atoms with Gasteiger partial charge in [0.05, 0.1) is 30.6 Å². The van der Waals surface area contributed by atoms with Crippen molar-refractivity contribution in [2.75, 3.05) is 33.8 Å². The number of nitrogens with one attached hydrogen (secondary N) is 2. The third-order valence-corrected chi connectivity index (χ3v) is 5.06. The maximum absolute atomic E-state index is 12.0. The number of carbonyl (C=O) groups is 1. The molecule has 2 aromatic rings. The Bertz CT molecular complexity index is 890. The summed E-state index contributed by atoms with van der Waals surface area (Å²) in [6.45, 7) is 6.16. The zero-order valence-electron chi connectivity index (χ0n) is 18.7. The van der Waals surface area contributed by atoms with E-state index < -0.39 is 0 Å². The van der Waals surface area contributed by atoms with Gasteiger partial charge in [-0.1, -0.05) is 18.2 Å². The number of aliphatic imine (C=N–C) groups is 1. The predicted octanol–water partition coefficient (Wildman–Crippen LogP) is 2.41. The lowest BCUT2D eigenvalue weighted by atomic mass is 10.2. The minimum absolute atomic E-state index is 0. The minimum atomic E-state index is -0.00958. The number of para-hydroxylation sites is 1. The molecule has 1 unspecified atom stereocenters. The number of carbonyl (C=O) groups excluding carboxylic acids is 1. The van der Waals surface area contributed by atoms with Gasteiger partial charge in [0, 0.05) is 32.9 Å². The number of aromatic nitrogens is 2. The van der Waals surface area contributed by atoms with Crippen molar-refractivity contribution < 1.29 is 9.53 Å². The molecular weight excluding hydrogens is 507 g/mol. The third kappa shape index (κ3) is 7.20. The van der Waals surface area contributed by atoms with E-state index in [1.807, 2.05) is 36.7 Å². The van der Waals surface area contributed by atoms with E-state index in [-0.39, 0.29) is 42.5 Å². The number of halogens is 1. The molecule has 9 heteroatoms. The van der Waals surface area contributed by atoms with Crippen molar-refractivity contribution in [2.24, 2.45) is 4.99 Å². The van der Waals surface area contributed by atoms with Crippen molar-refractivity contribution >= 4 is 35.8 Å². The number of rotatable bonds is 7. The second-order valence-electron chi connectivity index (χ2n) is 7.79. The molecule has 2 heterocycles. The van der Waals surface area contributed by atoms with Gasteiger partial charge in [-0.15, -0.1) is 24.0 Å². The fourth-order valence-electron chi connectivity index (χ4n) is 3.40. The summed E-state index contributed by atoms with van der Waals surface area (Å²) >= 11 is 0. The van der Waals surface area contributed by atoms with Crippen LogP contribution in [-0.2, 0) is 16.1 Å². The molecule has 0 spiro atoms. The lowest BCUT2D eigenvalue weighted by Crippen LogP contribution is -2.45. The second kappa shape index (κ2) is 12.0. The van der Waals surface area contributed by atoms with Crippen molar-refractivity contribution in [1.82, 2.24) is 25.3 Å². The van der Waals surface area contributed by atoms with Crippen molar-refractivity contribution in [3.8, 4) is 5.69 Å². The van der Waals surface area contributed by atoms with Gasteiger partial charge in [-0.05, 0) is 44.4 Å². The normalized spacial score (nSPS) is 16.0. The molecule has 1 amide bonds. The van der Waals surface area contributed by atoms with Crippen LogP contribution in [0.25, 0.3) is 5.69 Å². The van der Waals surface area contributed by atoms with Crippen LogP contribution < -0.4 is 10.6 Å². The molecule has 1 atom stereocenters. The largest absolute Gasteiger partial charge is 0.376 e. The van der Waals surface area contributed by atoms with E-state index in [0.717, 1.165) is 42.1 Å². The average molecular weight is 540 g/mol. The molecule has 1 aliphatic heterocycles. The van der Waals surface area contributed by atoms with E-state index in [4.69, 9.17) is 9.73 Å². The maximum atomic E-state index is 12.0. The zero-order chi connectivity index (χ0) is 21.5. The highest BCUT2D eigenvalue weighted by Gasteiger charge is 2.16. The van der Waals surface area contributed by atoms with Gasteiger partial charge in [0.2, 0.25) is 5.91 Å². The lowest BCUT2D eigenvalue weighted by molar-refractivity contribution is -0.127. The van der Waals surface area contributed by atoms with Gasteiger partial charge < -0.3 is 20.3 Å². The molecular formula is C22H33IN6O2. The van der Waals surface area contributed by atoms with Gasteiger partial charge in [0.1, 0.15) is 0 Å². The Hall–Kier alpha value is -2.14. The van der Waals surface area contributed by atoms with Gasteiger partial charge in [-0.25, -0.2) is 9.67 Å². The summed E-state index contributed by atoms with van der Waals surface area (Å²) < 4.78 is 7.64. The monoisotopic (exact) mass is 540 g/mol. The van der Waals surface area contributed by atoms with Crippen molar-refractivity contribution in [2.45, 2.75) is 39.3 Å². The van der Waals surface area contributed by atoms with Crippen LogP contribution in [-0.4, -0.2) is 66.4 Å². The van der Waals surface area contributed by atoms with Gasteiger partial charge >= 0.3 is 0 Å². The first kappa shape index (κ1) is 25.1. The van der Waals surface area contributed by atoms with Crippen LogP contribution in [0, 0.1) is 13.8 Å². The Morgan fingerprint density at radius 1 is 1.29 bits per heavy atom. The van der Waals surface area contributed by atoms with Gasteiger partial charge in [0.15, 0.2) is 5.96 Å². The van der Waals surface area contributed by atoms with Crippen LogP contribution in [0.5, 0.6) is 0 Å². The molecule has 1 aliphatic rings. The van der Waals surface area contributed by atoms with E-state index in [1.165, 1.54) is 0 Å². The molecule has 0 saturated carbocycles. The van der Waals surface area contributed by atoms with Crippen LogP contribution in [0.15, 0.2) is 35.3 Å². The molecule has 0 aliphatic carbocycles. The fraction of sp³-hybridized carbons (Fsp3) is 0.500. The van der Waals surface area contributed by atoms with Crippen molar-refractivity contribution in [3.63, 3.8) is 0 Å². The first-order valence-corrected chi connectivity index (χ1v) is 10.4. The first-order valence-electron chi connectivity index (χ1n) is 10.4. The third-order valence-electron chi connectivity index (χ3n) is 5.06. The first-order chi connectivity index (χ1) is 14.4. The molecule has 1 aromatic heterocycles. The number of guanidine groups is 1. The van der Waals surface area contributed by atoms with E-state index in [0.29, 0.717) is 19.0 Å². The Morgan fingerprint density at radius 3 is 2.71 bits per heavy atom. The number of aryl methyl sites for hydroxylation is 2. The number of benzene rings is 1. The molecule has 3 rings (SSSR count). The fourth-order valence-corrected chi connectivity index (χ4v) is 3.40. The average Bonchev–Trinajstić information content (AvgIpc) is 3.36. The van der Waals surface area contributed by atoms with Crippen LogP contribution in [0.3, 0.4) is 0 Å². The molecule has 8 nitrogen and oxygen atoms in total. The molecule has 0 radical (unpaired) electrons. The summed E-state index contributed by atoms with van der Waals surface area (Å²) in [4.78, 5) is 18.3. The predicted molar refractivity (Wildman–Crippen MR) is 133 cm³/mol. The van der Waals surface area contributed by atoms with E-state index in [9.17, 15) is 4.79 Å².